The number of amides is 1. The van der Waals surface area contributed by atoms with E-state index in [9.17, 15) is 4.79 Å². The Hall–Kier alpha value is -3.79. The summed E-state index contributed by atoms with van der Waals surface area (Å²) in [4.78, 5) is 12.5. The predicted octanol–water partition coefficient (Wildman–Crippen LogP) is 5.52. The van der Waals surface area contributed by atoms with Crippen molar-refractivity contribution in [3.63, 3.8) is 0 Å². The lowest BCUT2D eigenvalue weighted by atomic mass is 10.0. The van der Waals surface area contributed by atoms with Gasteiger partial charge in [-0.25, -0.2) is 0 Å². The first-order valence-electron chi connectivity index (χ1n) is 10.1. The van der Waals surface area contributed by atoms with Crippen molar-refractivity contribution < 1.29 is 9.53 Å². The van der Waals surface area contributed by atoms with Gasteiger partial charge in [0.1, 0.15) is 12.4 Å². The first-order chi connectivity index (χ1) is 14.7. The first-order valence-corrected chi connectivity index (χ1v) is 10.1. The largest absolute Gasteiger partial charge is 0.491 e. The SMILES string of the molecule is Cc1ccccc1OCCn1cc(C=C2C(=O)Nc3ccccc32)c2ccccc21. The third-order valence-corrected chi connectivity index (χ3v) is 5.51. The van der Waals surface area contributed by atoms with Gasteiger partial charge in [0, 0.05) is 39.5 Å². The molecule has 0 saturated heterocycles. The van der Waals surface area contributed by atoms with Crippen molar-refractivity contribution >= 4 is 34.1 Å². The Balaban J connectivity index is 1.46. The van der Waals surface area contributed by atoms with Gasteiger partial charge < -0.3 is 14.6 Å². The van der Waals surface area contributed by atoms with Crippen LogP contribution in [0.4, 0.5) is 5.69 Å². The van der Waals surface area contributed by atoms with Crippen molar-refractivity contribution in [2.24, 2.45) is 0 Å². The number of hydrogen-bond donors (Lipinski definition) is 1. The Kier molecular flexibility index (Phi) is 4.60. The van der Waals surface area contributed by atoms with E-state index < -0.39 is 0 Å². The molecule has 148 valence electrons. The van der Waals surface area contributed by atoms with Gasteiger partial charge >= 0.3 is 0 Å². The highest BCUT2D eigenvalue weighted by molar-refractivity contribution is 6.35. The number of aryl methyl sites for hydroxylation is 1. The van der Waals surface area contributed by atoms with E-state index in [0.29, 0.717) is 12.2 Å². The highest BCUT2D eigenvalue weighted by Gasteiger charge is 2.23. The molecule has 0 spiro atoms. The van der Waals surface area contributed by atoms with E-state index in [1.807, 2.05) is 60.7 Å². The molecule has 0 radical (unpaired) electrons. The van der Waals surface area contributed by atoms with E-state index >= 15 is 0 Å². The zero-order valence-electron chi connectivity index (χ0n) is 16.8. The number of hydrogen-bond acceptors (Lipinski definition) is 2. The molecular formula is C26H22N2O2. The van der Waals surface area contributed by atoms with Crippen molar-refractivity contribution in [2.75, 3.05) is 11.9 Å². The molecule has 4 heteroatoms. The van der Waals surface area contributed by atoms with Gasteiger partial charge in [-0.2, -0.15) is 0 Å². The maximum Gasteiger partial charge on any atom is 0.256 e. The zero-order valence-corrected chi connectivity index (χ0v) is 16.8. The maximum absolute atomic E-state index is 12.5. The fourth-order valence-corrected chi connectivity index (χ4v) is 3.99. The quantitative estimate of drug-likeness (QED) is 0.453. The lowest BCUT2D eigenvalue weighted by Gasteiger charge is -2.10. The predicted molar refractivity (Wildman–Crippen MR) is 122 cm³/mol. The summed E-state index contributed by atoms with van der Waals surface area (Å²) in [6, 6.07) is 24.1. The molecule has 4 nitrogen and oxygen atoms in total. The Labute approximate surface area is 175 Å². The Morgan fingerprint density at radius 1 is 0.967 bits per heavy atom. The number of carbonyl (C=O) groups excluding carboxylic acids is 1. The van der Waals surface area contributed by atoms with Crippen LogP contribution in [0.15, 0.2) is 79.0 Å². The third kappa shape index (κ3) is 3.26. The standard InChI is InChI=1S/C26H22N2O2/c1-18-8-2-7-13-25(18)30-15-14-28-17-19(20-9-4-6-12-24(20)28)16-22-21-10-3-5-11-23(21)27-26(22)29/h2-13,16-17H,14-15H2,1H3,(H,27,29). The number of nitrogens with one attached hydrogen (secondary N) is 1. The Morgan fingerprint density at radius 2 is 1.73 bits per heavy atom. The Morgan fingerprint density at radius 3 is 2.63 bits per heavy atom. The molecule has 4 aromatic rings. The fourth-order valence-electron chi connectivity index (χ4n) is 3.99. The van der Waals surface area contributed by atoms with E-state index in [2.05, 4.69) is 41.2 Å². The smallest absolute Gasteiger partial charge is 0.256 e. The van der Waals surface area contributed by atoms with Gasteiger partial charge in [-0.05, 0) is 36.8 Å². The molecule has 0 fully saturated rings. The van der Waals surface area contributed by atoms with Gasteiger partial charge in [0.25, 0.3) is 5.91 Å². The van der Waals surface area contributed by atoms with Crippen LogP contribution in [0.2, 0.25) is 0 Å². The van der Waals surface area contributed by atoms with Gasteiger partial charge in [-0.15, -0.1) is 0 Å². The number of carbonyl (C=O) groups is 1. The summed E-state index contributed by atoms with van der Waals surface area (Å²) in [6.45, 7) is 3.35. The number of nitrogens with zero attached hydrogens (tertiary/aromatic N) is 1. The van der Waals surface area contributed by atoms with Crippen LogP contribution in [-0.4, -0.2) is 17.1 Å². The monoisotopic (exact) mass is 394 g/mol. The second kappa shape index (κ2) is 7.56. The molecule has 0 unspecified atom stereocenters. The average molecular weight is 394 g/mol. The van der Waals surface area contributed by atoms with Crippen LogP contribution < -0.4 is 10.1 Å². The molecule has 0 aliphatic carbocycles. The molecule has 30 heavy (non-hydrogen) atoms. The summed E-state index contributed by atoms with van der Waals surface area (Å²) in [5.74, 6) is 0.853. The third-order valence-electron chi connectivity index (χ3n) is 5.51. The van der Waals surface area contributed by atoms with Crippen molar-refractivity contribution in [2.45, 2.75) is 13.5 Å². The summed E-state index contributed by atoms with van der Waals surface area (Å²) < 4.78 is 8.19. The highest BCUT2D eigenvalue weighted by atomic mass is 16.5. The van der Waals surface area contributed by atoms with E-state index in [4.69, 9.17) is 4.74 Å². The van der Waals surface area contributed by atoms with Gasteiger partial charge in [0.15, 0.2) is 0 Å². The molecule has 1 aliphatic heterocycles. The van der Waals surface area contributed by atoms with E-state index in [-0.39, 0.29) is 5.91 Å². The van der Waals surface area contributed by atoms with Crippen molar-refractivity contribution in [1.29, 1.82) is 0 Å². The normalized spacial score (nSPS) is 14.2. The lowest BCUT2D eigenvalue weighted by molar-refractivity contribution is -0.110. The summed E-state index contributed by atoms with van der Waals surface area (Å²) in [5, 5.41) is 4.07. The van der Waals surface area contributed by atoms with Crippen molar-refractivity contribution in [3.8, 4) is 5.75 Å². The summed E-state index contributed by atoms with van der Waals surface area (Å²) in [7, 11) is 0. The van der Waals surface area contributed by atoms with Crippen LogP contribution in [0, 0.1) is 6.92 Å². The molecule has 0 saturated carbocycles. The summed E-state index contributed by atoms with van der Waals surface area (Å²) in [6.07, 6.45) is 4.09. The summed E-state index contributed by atoms with van der Waals surface area (Å²) in [5.41, 5.74) is 5.80. The number of ether oxygens (including phenoxy) is 1. The molecule has 1 aromatic heterocycles. The molecule has 3 aromatic carbocycles. The average Bonchev–Trinajstić information content (AvgIpc) is 3.27. The second-order valence-electron chi connectivity index (χ2n) is 7.47. The van der Waals surface area contributed by atoms with Crippen LogP contribution in [-0.2, 0) is 11.3 Å². The van der Waals surface area contributed by atoms with Crippen molar-refractivity contribution in [3.05, 3.63) is 95.7 Å². The van der Waals surface area contributed by atoms with Crippen LogP contribution in [0.5, 0.6) is 5.75 Å². The minimum atomic E-state index is -0.0593. The fraction of sp³-hybridized carbons (Fsp3) is 0.115. The Bertz CT molecular complexity index is 1280. The van der Waals surface area contributed by atoms with Gasteiger partial charge in [-0.1, -0.05) is 54.6 Å². The summed E-state index contributed by atoms with van der Waals surface area (Å²) >= 11 is 0. The molecule has 2 heterocycles. The molecule has 1 N–H and O–H groups in total. The zero-order chi connectivity index (χ0) is 20.5. The van der Waals surface area contributed by atoms with E-state index in [1.54, 1.807) is 0 Å². The van der Waals surface area contributed by atoms with Crippen LogP contribution in [0.1, 0.15) is 16.7 Å². The van der Waals surface area contributed by atoms with Gasteiger partial charge in [-0.3, -0.25) is 4.79 Å². The number of para-hydroxylation sites is 3. The van der Waals surface area contributed by atoms with Crippen molar-refractivity contribution in [1.82, 2.24) is 4.57 Å². The number of fused-ring (bicyclic) bond motifs is 2. The molecular weight excluding hydrogens is 372 g/mol. The molecule has 1 aliphatic rings. The van der Waals surface area contributed by atoms with Crippen LogP contribution in [0.25, 0.3) is 22.6 Å². The highest BCUT2D eigenvalue weighted by Crippen LogP contribution is 2.34. The lowest BCUT2D eigenvalue weighted by Crippen LogP contribution is -2.07. The first kappa shape index (κ1) is 18.3. The van der Waals surface area contributed by atoms with Gasteiger partial charge in [0.05, 0.1) is 6.54 Å². The van der Waals surface area contributed by atoms with Gasteiger partial charge in [0.2, 0.25) is 0 Å². The minimum absolute atomic E-state index is 0.0593. The number of anilines is 1. The minimum Gasteiger partial charge on any atom is -0.491 e. The molecule has 5 rings (SSSR count). The number of benzene rings is 3. The van der Waals surface area contributed by atoms with E-state index in [0.717, 1.165) is 45.6 Å². The molecule has 0 bridgehead atoms. The van der Waals surface area contributed by atoms with E-state index in [1.165, 1.54) is 0 Å². The maximum atomic E-state index is 12.5. The second-order valence-corrected chi connectivity index (χ2v) is 7.47. The van der Waals surface area contributed by atoms with Crippen LogP contribution >= 0.6 is 0 Å². The number of rotatable bonds is 5. The number of aromatic nitrogens is 1. The molecule has 0 atom stereocenters. The molecule has 1 amide bonds. The van der Waals surface area contributed by atoms with Crippen LogP contribution in [0.3, 0.4) is 0 Å². The topological polar surface area (TPSA) is 43.3 Å².